The van der Waals surface area contributed by atoms with Crippen molar-refractivity contribution in [1.82, 2.24) is 5.32 Å². The lowest BCUT2D eigenvalue weighted by atomic mass is 10.1. The minimum absolute atomic E-state index is 0.0941. The summed E-state index contributed by atoms with van der Waals surface area (Å²) in [6.45, 7) is 3.52. The molecule has 0 radical (unpaired) electrons. The Kier molecular flexibility index (Phi) is 7.15. The van der Waals surface area contributed by atoms with Crippen LogP contribution in [0.25, 0.3) is 0 Å². The van der Waals surface area contributed by atoms with Crippen LogP contribution in [0.2, 0.25) is 0 Å². The fourth-order valence-electron chi connectivity index (χ4n) is 2.17. The lowest BCUT2D eigenvalue weighted by molar-refractivity contribution is -0.120. The van der Waals surface area contributed by atoms with Gasteiger partial charge in [-0.3, -0.25) is 9.59 Å². The van der Waals surface area contributed by atoms with Crippen molar-refractivity contribution >= 4 is 29.3 Å². The van der Waals surface area contributed by atoms with Crippen molar-refractivity contribution in [3.63, 3.8) is 0 Å². The van der Waals surface area contributed by atoms with Crippen molar-refractivity contribution in [3.8, 4) is 0 Å². The first-order valence-electron chi connectivity index (χ1n) is 8.08. The van der Waals surface area contributed by atoms with Gasteiger partial charge in [0.25, 0.3) is 0 Å². The van der Waals surface area contributed by atoms with Crippen LogP contribution in [0.5, 0.6) is 0 Å². The Hall–Kier alpha value is -2.41. The average Bonchev–Trinajstić information content (AvgIpc) is 2.62. The third-order valence-corrected chi connectivity index (χ3v) is 4.83. The van der Waals surface area contributed by atoms with Gasteiger partial charge in [0.1, 0.15) is 11.6 Å². The SMILES string of the molecule is CC(SCC(=O)Nc1ccc(F)cc1)C(=O)NC(C)c1ccc(F)cc1. The first kappa shape index (κ1) is 19.9. The van der Waals surface area contributed by atoms with Crippen LogP contribution in [-0.4, -0.2) is 22.8 Å². The molecule has 2 N–H and O–H groups in total. The smallest absolute Gasteiger partial charge is 0.234 e. The van der Waals surface area contributed by atoms with Gasteiger partial charge in [-0.1, -0.05) is 12.1 Å². The highest BCUT2D eigenvalue weighted by Crippen LogP contribution is 2.17. The summed E-state index contributed by atoms with van der Waals surface area (Å²) in [5, 5.41) is 5.05. The van der Waals surface area contributed by atoms with Gasteiger partial charge in [-0.05, 0) is 55.8 Å². The quantitative estimate of drug-likeness (QED) is 0.768. The molecule has 0 aliphatic rings. The minimum atomic E-state index is -0.433. The average molecular weight is 378 g/mol. The molecule has 0 aliphatic heterocycles. The van der Waals surface area contributed by atoms with Gasteiger partial charge in [-0.25, -0.2) is 8.78 Å². The minimum Gasteiger partial charge on any atom is -0.349 e. The number of rotatable bonds is 7. The van der Waals surface area contributed by atoms with Crippen LogP contribution in [0.15, 0.2) is 48.5 Å². The summed E-state index contributed by atoms with van der Waals surface area (Å²) in [5.41, 5.74) is 1.30. The molecule has 0 aliphatic carbocycles. The Bertz CT molecular complexity index is 751. The Morgan fingerprint density at radius 1 is 0.962 bits per heavy atom. The molecule has 0 heterocycles. The summed E-state index contributed by atoms with van der Waals surface area (Å²) >= 11 is 1.20. The maximum atomic E-state index is 12.9. The first-order valence-corrected chi connectivity index (χ1v) is 9.13. The molecular formula is C19H20F2N2O2S. The number of amides is 2. The van der Waals surface area contributed by atoms with E-state index < -0.39 is 5.25 Å². The first-order chi connectivity index (χ1) is 12.3. The second kappa shape index (κ2) is 9.33. The van der Waals surface area contributed by atoms with E-state index in [1.165, 1.54) is 48.2 Å². The Morgan fingerprint density at radius 2 is 1.50 bits per heavy atom. The van der Waals surface area contributed by atoms with E-state index >= 15 is 0 Å². The normalized spacial score (nSPS) is 12.9. The third-order valence-electron chi connectivity index (χ3n) is 3.69. The lowest BCUT2D eigenvalue weighted by Crippen LogP contribution is -2.33. The Labute approximate surface area is 155 Å². The van der Waals surface area contributed by atoms with Crippen LogP contribution in [-0.2, 0) is 9.59 Å². The number of carbonyl (C=O) groups is 2. The second-order valence-electron chi connectivity index (χ2n) is 5.79. The summed E-state index contributed by atoms with van der Waals surface area (Å²) in [6.07, 6.45) is 0. The molecule has 2 atom stereocenters. The van der Waals surface area contributed by atoms with Gasteiger partial charge in [-0.15, -0.1) is 11.8 Å². The summed E-state index contributed by atoms with van der Waals surface area (Å²) in [4.78, 5) is 24.1. The van der Waals surface area contributed by atoms with Crippen molar-refractivity contribution in [3.05, 3.63) is 65.7 Å². The molecule has 0 aromatic heterocycles. The molecule has 7 heteroatoms. The Balaban J connectivity index is 1.78. The molecule has 2 aromatic rings. The Morgan fingerprint density at radius 3 is 2.08 bits per heavy atom. The van der Waals surface area contributed by atoms with Gasteiger partial charge in [0.05, 0.1) is 17.0 Å². The summed E-state index contributed by atoms with van der Waals surface area (Å²) in [5.74, 6) is -1.09. The molecule has 2 aromatic carbocycles. The summed E-state index contributed by atoms with van der Waals surface area (Å²) in [6, 6.07) is 11.1. The highest BCUT2D eigenvalue weighted by atomic mass is 32.2. The topological polar surface area (TPSA) is 58.2 Å². The van der Waals surface area contributed by atoms with Crippen LogP contribution in [0.4, 0.5) is 14.5 Å². The van der Waals surface area contributed by atoms with Gasteiger partial charge in [0.15, 0.2) is 0 Å². The van der Waals surface area contributed by atoms with Crippen molar-refractivity contribution in [2.24, 2.45) is 0 Å². The van der Waals surface area contributed by atoms with E-state index in [2.05, 4.69) is 10.6 Å². The molecule has 2 rings (SSSR count). The molecule has 0 saturated heterocycles. The van der Waals surface area contributed by atoms with E-state index in [4.69, 9.17) is 0 Å². The number of thioether (sulfide) groups is 1. The molecule has 0 spiro atoms. The number of hydrogen-bond acceptors (Lipinski definition) is 3. The van der Waals surface area contributed by atoms with E-state index in [-0.39, 0.29) is 35.2 Å². The zero-order chi connectivity index (χ0) is 19.1. The molecule has 4 nitrogen and oxygen atoms in total. The van der Waals surface area contributed by atoms with E-state index in [0.717, 1.165) is 5.56 Å². The van der Waals surface area contributed by atoms with E-state index in [9.17, 15) is 18.4 Å². The molecule has 2 unspecified atom stereocenters. The summed E-state index contributed by atoms with van der Waals surface area (Å²) in [7, 11) is 0. The lowest BCUT2D eigenvalue weighted by Gasteiger charge is -2.17. The molecule has 0 saturated carbocycles. The van der Waals surface area contributed by atoms with Crippen LogP contribution >= 0.6 is 11.8 Å². The predicted molar refractivity (Wildman–Crippen MR) is 99.9 cm³/mol. The van der Waals surface area contributed by atoms with Crippen molar-refractivity contribution in [1.29, 1.82) is 0 Å². The maximum absolute atomic E-state index is 12.9. The second-order valence-corrected chi connectivity index (χ2v) is 7.12. The summed E-state index contributed by atoms with van der Waals surface area (Å²) < 4.78 is 25.8. The fraction of sp³-hybridized carbons (Fsp3) is 0.263. The standard InChI is InChI=1S/C19H20F2N2O2S/c1-12(14-3-5-15(20)6-4-14)22-19(25)13(2)26-11-18(24)23-17-9-7-16(21)8-10-17/h3-10,12-13H,11H2,1-2H3,(H,22,25)(H,23,24). The molecular weight excluding hydrogens is 358 g/mol. The van der Waals surface area contributed by atoms with Gasteiger partial charge < -0.3 is 10.6 Å². The molecule has 26 heavy (non-hydrogen) atoms. The molecule has 0 bridgehead atoms. The fourth-order valence-corrected chi connectivity index (χ4v) is 2.87. The zero-order valence-corrected chi connectivity index (χ0v) is 15.3. The van der Waals surface area contributed by atoms with E-state index in [1.54, 1.807) is 19.1 Å². The van der Waals surface area contributed by atoms with Crippen LogP contribution in [0.1, 0.15) is 25.5 Å². The predicted octanol–water partition coefficient (Wildman–Crippen LogP) is 3.90. The van der Waals surface area contributed by atoms with E-state index in [0.29, 0.717) is 5.69 Å². The largest absolute Gasteiger partial charge is 0.349 e. The van der Waals surface area contributed by atoms with Crippen molar-refractivity contribution in [2.75, 3.05) is 11.1 Å². The maximum Gasteiger partial charge on any atom is 0.234 e. The van der Waals surface area contributed by atoms with Crippen molar-refractivity contribution < 1.29 is 18.4 Å². The molecule has 138 valence electrons. The zero-order valence-electron chi connectivity index (χ0n) is 14.5. The third kappa shape index (κ3) is 6.15. The number of anilines is 1. The number of benzene rings is 2. The number of carbonyl (C=O) groups excluding carboxylic acids is 2. The van der Waals surface area contributed by atoms with Crippen LogP contribution < -0.4 is 10.6 Å². The van der Waals surface area contributed by atoms with Crippen LogP contribution in [0.3, 0.4) is 0 Å². The van der Waals surface area contributed by atoms with Crippen molar-refractivity contribution in [2.45, 2.75) is 25.1 Å². The van der Waals surface area contributed by atoms with Crippen LogP contribution in [0, 0.1) is 11.6 Å². The number of halogens is 2. The van der Waals surface area contributed by atoms with Gasteiger partial charge in [0.2, 0.25) is 11.8 Å². The highest BCUT2D eigenvalue weighted by molar-refractivity contribution is 8.01. The number of hydrogen-bond donors (Lipinski definition) is 2. The van der Waals surface area contributed by atoms with Gasteiger partial charge in [-0.2, -0.15) is 0 Å². The monoisotopic (exact) mass is 378 g/mol. The molecule has 0 fully saturated rings. The van der Waals surface area contributed by atoms with E-state index in [1.807, 2.05) is 6.92 Å². The van der Waals surface area contributed by atoms with Gasteiger partial charge >= 0.3 is 0 Å². The van der Waals surface area contributed by atoms with Gasteiger partial charge in [0, 0.05) is 5.69 Å². The highest BCUT2D eigenvalue weighted by Gasteiger charge is 2.18. The number of nitrogens with one attached hydrogen (secondary N) is 2. The molecule has 2 amide bonds.